The van der Waals surface area contributed by atoms with Gasteiger partial charge >= 0.3 is 0 Å². The molecule has 1 aromatic carbocycles. The number of hydrogen-bond acceptors (Lipinski definition) is 5. The third-order valence-electron chi connectivity index (χ3n) is 3.97. The van der Waals surface area contributed by atoms with Crippen LogP contribution < -0.4 is 10.1 Å². The quantitative estimate of drug-likeness (QED) is 0.834. The van der Waals surface area contributed by atoms with Gasteiger partial charge in [0.15, 0.2) is 5.82 Å². The number of amides is 1. The van der Waals surface area contributed by atoms with E-state index in [4.69, 9.17) is 32.5 Å². The Bertz CT molecular complexity index is 730. The molecule has 1 amide bonds. The third kappa shape index (κ3) is 3.01. The fraction of sp³-hybridized carbons (Fsp3) is 0.400. The van der Waals surface area contributed by atoms with Crippen LogP contribution in [0.2, 0.25) is 0 Å². The number of carbonyl (C=O) groups is 1. The Morgan fingerprint density at radius 2 is 2.04 bits per heavy atom. The van der Waals surface area contributed by atoms with Gasteiger partial charge in [-0.25, -0.2) is 0 Å². The third-order valence-corrected chi connectivity index (χ3v) is 5.07. The van der Waals surface area contributed by atoms with Crippen LogP contribution >= 0.6 is 23.2 Å². The molecule has 0 aliphatic heterocycles. The van der Waals surface area contributed by atoms with Gasteiger partial charge in [-0.15, -0.1) is 23.2 Å². The molecule has 1 N–H and O–H groups in total. The lowest BCUT2D eigenvalue weighted by molar-refractivity contribution is -0.126. The first kappa shape index (κ1) is 16.1. The van der Waals surface area contributed by atoms with E-state index in [1.165, 1.54) is 0 Å². The van der Waals surface area contributed by atoms with Gasteiger partial charge in [0.05, 0.1) is 19.1 Å². The molecule has 2 aromatic rings. The van der Waals surface area contributed by atoms with E-state index in [0.29, 0.717) is 18.1 Å². The maximum absolute atomic E-state index is 12.1. The van der Waals surface area contributed by atoms with Crippen LogP contribution in [0.1, 0.15) is 19.2 Å². The lowest BCUT2D eigenvalue weighted by Crippen LogP contribution is -2.33. The highest BCUT2D eigenvalue weighted by atomic mass is 35.5. The number of rotatable bonds is 5. The van der Waals surface area contributed by atoms with E-state index >= 15 is 0 Å². The van der Waals surface area contributed by atoms with Crippen LogP contribution in [0, 0.1) is 5.41 Å². The number of hydrogen-bond donors (Lipinski definition) is 1. The number of benzene rings is 1. The van der Waals surface area contributed by atoms with E-state index in [1.54, 1.807) is 26.2 Å². The second-order valence-electron chi connectivity index (χ2n) is 5.64. The molecule has 1 fully saturated rings. The zero-order valence-corrected chi connectivity index (χ0v) is 14.1. The van der Waals surface area contributed by atoms with Gasteiger partial charge in [0.1, 0.15) is 10.1 Å². The van der Waals surface area contributed by atoms with E-state index in [2.05, 4.69) is 15.5 Å². The van der Waals surface area contributed by atoms with E-state index in [0.717, 1.165) is 11.3 Å². The highest BCUT2D eigenvalue weighted by molar-refractivity contribution is 6.53. The van der Waals surface area contributed by atoms with Crippen LogP contribution in [-0.4, -0.2) is 27.5 Å². The van der Waals surface area contributed by atoms with Gasteiger partial charge in [0.25, 0.3) is 5.89 Å². The summed E-state index contributed by atoms with van der Waals surface area (Å²) in [7, 11) is 1.60. The number of nitrogens with one attached hydrogen (secondary N) is 1. The zero-order valence-electron chi connectivity index (χ0n) is 12.6. The summed E-state index contributed by atoms with van der Waals surface area (Å²) in [4.78, 5) is 16.3. The summed E-state index contributed by atoms with van der Waals surface area (Å²) in [5, 5.41) is 6.58. The summed E-state index contributed by atoms with van der Waals surface area (Å²) < 4.78 is 9.29. The molecule has 1 aliphatic carbocycles. The molecule has 1 aliphatic rings. The molecule has 1 heterocycles. The van der Waals surface area contributed by atoms with Crippen molar-refractivity contribution in [1.29, 1.82) is 0 Å². The van der Waals surface area contributed by atoms with Crippen molar-refractivity contribution in [3.8, 4) is 17.2 Å². The lowest BCUT2D eigenvalue weighted by atomic mass is 10.1. The number of ether oxygens (including phenoxy) is 1. The first-order valence-electron chi connectivity index (χ1n) is 6.99. The van der Waals surface area contributed by atoms with E-state index in [1.807, 2.05) is 12.1 Å². The monoisotopic (exact) mass is 355 g/mol. The first-order chi connectivity index (χ1) is 10.9. The lowest BCUT2D eigenvalue weighted by Gasteiger charge is -2.10. The van der Waals surface area contributed by atoms with Crippen molar-refractivity contribution in [3.05, 3.63) is 30.1 Å². The fourth-order valence-electron chi connectivity index (χ4n) is 2.18. The maximum atomic E-state index is 12.1. The standard InChI is InChI=1S/C15H15Cl2N3O3/c1-14(8-15(14,16)17)13(21)18-7-11-19-12(23-20-11)9-3-5-10(22-2)6-4-9/h3-6H,7-8H2,1-2H3,(H,18,21)/t14-/m1/s1. The van der Waals surface area contributed by atoms with Crippen molar-refractivity contribution in [2.45, 2.75) is 24.2 Å². The van der Waals surface area contributed by atoms with Crippen LogP contribution in [0.4, 0.5) is 0 Å². The maximum Gasteiger partial charge on any atom is 0.257 e. The van der Waals surface area contributed by atoms with Crippen molar-refractivity contribution in [3.63, 3.8) is 0 Å². The molecule has 0 saturated heterocycles. The number of carbonyl (C=O) groups excluding carboxylic acids is 1. The highest BCUT2D eigenvalue weighted by Gasteiger charge is 2.67. The Hall–Kier alpha value is -1.79. The molecule has 1 saturated carbocycles. The minimum absolute atomic E-state index is 0.151. The molecule has 0 spiro atoms. The molecule has 0 unspecified atom stereocenters. The van der Waals surface area contributed by atoms with Crippen LogP contribution in [0.25, 0.3) is 11.5 Å². The Labute approximate surface area is 143 Å². The van der Waals surface area contributed by atoms with E-state index in [-0.39, 0.29) is 12.5 Å². The number of methoxy groups -OCH3 is 1. The number of aromatic nitrogens is 2. The minimum atomic E-state index is -0.997. The number of alkyl halides is 2. The predicted molar refractivity (Wildman–Crippen MR) is 85.3 cm³/mol. The summed E-state index contributed by atoms with van der Waals surface area (Å²) in [5.74, 6) is 1.27. The largest absolute Gasteiger partial charge is 0.497 e. The Morgan fingerprint density at radius 3 is 2.61 bits per heavy atom. The van der Waals surface area contributed by atoms with Gasteiger partial charge in [0, 0.05) is 5.56 Å². The van der Waals surface area contributed by atoms with Crippen molar-refractivity contribution < 1.29 is 14.1 Å². The van der Waals surface area contributed by atoms with Crippen LogP contribution in [-0.2, 0) is 11.3 Å². The molecule has 0 bridgehead atoms. The number of halogens is 2. The van der Waals surface area contributed by atoms with Gasteiger partial charge in [0.2, 0.25) is 5.91 Å². The molecular formula is C15H15Cl2N3O3. The molecule has 3 rings (SSSR count). The second kappa shape index (κ2) is 5.69. The minimum Gasteiger partial charge on any atom is -0.497 e. The van der Waals surface area contributed by atoms with Crippen LogP contribution in [0.15, 0.2) is 28.8 Å². The van der Waals surface area contributed by atoms with Gasteiger partial charge in [-0.3, -0.25) is 4.79 Å². The fourth-order valence-corrected chi connectivity index (χ4v) is 2.88. The van der Waals surface area contributed by atoms with Crippen molar-refractivity contribution in [2.75, 3.05) is 7.11 Å². The first-order valence-corrected chi connectivity index (χ1v) is 7.74. The van der Waals surface area contributed by atoms with Gasteiger partial charge in [-0.05, 0) is 37.6 Å². The molecule has 6 nitrogen and oxygen atoms in total. The summed E-state index contributed by atoms with van der Waals surface area (Å²) in [6.45, 7) is 1.87. The van der Waals surface area contributed by atoms with Crippen molar-refractivity contribution in [1.82, 2.24) is 15.5 Å². The normalized spacial score (nSPS) is 21.7. The average Bonchev–Trinajstić information content (AvgIpc) is 2.91. The average molecular weight is 356 g/mol. The summed E-state index contributed by atoms with van der Waals surface area (Å²) >= 11 is 12.0. The molecule has 1 atom stereocenters. The van der Waals surface area contributed by atoms with Gasteiger partial charge in [-0.2, -0.15) is 4.98 Å². The summed E-state index contributed by atoms with van der Waals surface area (Å²) in [6.07, 6.45) is 0.429. The highest BCUT2D eigenvalue weighted by Crippen LogP contribution is 2.63. The van der Waals surface area contributed by atoms with Crippen molar-refractivity contribution >= 4 is 29.1 Å². The van der Waals surface area contributed by atoms with E-state index < -0.39 is 9.75 Å². The molecule has 122 valence electrons. The molecule has 23 heavy (non-hydrogen) atoms. The summed E-state index contributed by atoms with van der Waals surface area (Å²) in [6, 6.07) is 7.23. The Kier molecular flexibility index (Phi) is 3.98. The second-order valence-corrected chi connectivity index (χ2v) is 7.12. The SMILES string of the molecule is COc1ccc(-c2nc(CNC(=O)[C@@]3(C)CC3(Cl)Cl)no2)cc1. The van der Waals surface area contributed by atoms with Crippen LogP contribution in [0.3, 0.4) is 0 Å². The van der Waals surface area contributed by atoms with E-state index in [9.17, 15) is 4.79 Å². The zero-order chi connectivity index (χ0) is 16.7. The van der Waals surface area contributed by atoms with Gasteiger partial charge < -0.3 is 14.6 Å². The smallest absolute Gasteiger partial charge is 0.257 e. The van der Waals surface area contributed by atoms with Gasteiger partial charge in [-0.1, -0.05) is 5.16 Å². The topological polar surface area (TPSA) is 77.2 Å². The Balaban J connectivity index is 1.62. The molecular weight excluding hydrogens is 341 g/mol. The Morgan fingerprint density at radius 1 is 1.39 bits per heavy atom. The van der Waals surface area contributed by atoms with Crippen molar-refractivity contribution in [2.24, 2.45) is 5.41 Å². The van der Waals surface area contributed by atoms with Crippen LogP contribution in [0.5, 0.6) is 5.75 Å². The predicted octanol–water partition coefficient (Wildman–Crippen LogP) is 2.95. The number of nitrogens with zero attached hydrogens (tertiary/aromatic N) is 2. The molecule has 1 aromatic heterocycles. The molecule has 8 heteroatoms. The molecule has 0 radical (unpaired) electrons. The summed E-state index contributed by atoms with van der Waals surface area (Å²) in [5.41, 5.74) is 0.00382.